The highest BCUT2D eigenvalue weighted by Gasteiger charge is 2.30. The van der Waals surface area contributed by atoms with Crippen LogP contribution in [-0.2, 0) is 0 Å². The highest BCUT2D eigenvalue weighted by molar-refractivity contribution is 5.92. The van der Waals surface area contributed by atoms with Gasteiger partial charge < -0.3 is 19.9 Å². The van der Waals surface area contributed by atoms with Gasteiger partial charge in [0.15, 0.2) is 17.0 Å². The average molecular weight is 340 g/mol. The molecule has 0 aliphatic carbocycles. The van der Waals surface area contributed by atoms with Crippen molar-refractivity contribution in [2.24, 2.45) is 5.73 Å². The van der Waals surface area contributed by atoms with Crippen LogP contribution in [0.25, 0.3) is 10.9 Å². The Balaban J connectivity index is 0.00000156. The van der Waals surface area contributed by atoms with Gasteiger partial charge in [-0.05, 0) is 19.4 Å². The summed E-state index contributed by atoms with van der Waals surface area (Å²) in [6.45, 7) is 3.78. The summed E-state index contributed by atoms with van der Waals surface area (Å²) in [4.78, 5) is 14.0. The first-order valence-corrected chi connectivity index (χ1v) is 7.57. The Morgan fingerprint density at radius 1 is 1.43 bits per heavy atom. The summed E-state index contributed by atoms with van der Waals surface area (Å²) in [6.07, 6.45) is 2.59. The molecule has 2 unspecified atom stereocenters. The molecule has 2 atom stereocenters. The van der Waals surface area contributed by atoms with E-state index in [1.165, 1.54) is 12.1 Å². The number of halogens is 2. The largest absolute Gasteiger partial charge is 0.487 e. The third-order valence-corrected chi connectivity index (χ3v) is 4.58. The summed E-state index contributed by atoms with van der Waals surface area (Å²) in [6, 6.07) is 2.97. The molecule has 1 fully saturated rings. The maximum absolute atomic E-state index is 14.7. The van der Waals surface area contributed by atoms with E-state index >= 15 is 0 Å². The molecule has 2 aliphatic rings. The van der Waals surface area contributed by atoms with Gasteiger partial charge in [0.2, 0.25) is 0 Å². The number of anilines is 1. The fourth-order valence-electron chi connectivity index (χ4n) is 3.44. The van der Waals surface area contributed by atoms with Crippen molar-refractivity contribution in [3.05, 3.63) is 34.4 Å². The molecule has 0 amide bonds. The quantitative estimate of drug-likeness (QED) is 0.864. The van der Waals surface area contributed by atoms with Gasteiger partial charge in [0.1, 0.15) is 12.3 Å². The average Bonchev–Trinajstić information content (AvgIpc) is 2.91. The van der Waals surface area contributed by atoms with Gasteiger partial charge in [0.25, 0.3) is 0 Å². The second-order valence-corrected chi connectivity index (χ2v) is 6.17. The summed E-state index contributed by atoms with van der Waals surface area (Å²) in [7, 11) is 0. The maximum atomic E-state index is 14.7. The number of pyridine rings is 1. The molecule has 4 rings (SSSR count). The Hall–Kier alpha value is -1.79. The van der Waals surface area contributed by atoms with Crippen LogP contribution < -0.4 is 20.8 Å². The Morgan fingerprint density at radius 3 is 2.91 bits per heavy atom. The molecular formula is C16H19ClFN3O2. The molecule has 0 saturated carbocycles. The topological polar surface area (TPSA) is 60.5 Å². The van der Waals surface area contributed by atoms with Crippen LogP contribution in [0.4, 0.5) is 10.1 Å². The lowest BCUT2D eigenvalue weighted by Crippen LogP contribution is -2.29. The second-order valence-electron chi connectivity index (χ2n) is 6.17. The first-order valence-electron chi connectivity index (χ1n) is 7.57. The minimum Gasteiger partial charge on any atom is -0.487 e. The molecule has 2 aliphatic heterocycles. The predicted octanol–water partition coefficient (Wildman–Crippen LogP) is 2.05. The third-order valence-electron chi connectivity index (χ3n) is 4.58. The number of ether oxygens (including phenoxy) is 1. The Bertz CT molecular complexity index is 823. The van der Waals surface area contributed by atoms with Gasteiger partial charge in [-0.15, -0.1) is 12.4 Å². The standard InChI is InChI=1S/C16H18FN3O2.ClH/c1-9-8-22-16-14-11(13(21)3-5-20(9)14)6-12(17)15(16)19-4-2-10(18)7-19;/h3,5-6,9-10H,2,4,7-8,18H2,1H3;1H. The van der Waals surface area contributed by atoms with Crippen molar-refractivity contribution in [1.82, 2.24) is 4.57 Å². The van der Waals surface area contributed by atoms with Crippen LogP contribution in [0.1, 0.15) is 19.4 Å². The first kappa shape index (κ1) is 16.1. The number of nitrogens with zero attached hydrogens (tertiary/aromatic N) is 2. The maximum Gasteiger partial charge on any atom is 0.189 e. The number of hydrogen-bond acceptors (Lipinski definition) is 4. The molecule has 2 aromatic rings. The van der Waals surface area contributed by atoms with Crippen molar-refractivity contribution in [3.63, 3.8) is 0 Å². The van der Waals surface area contributed by atoms with Crippen LogP contribution in [0.3, 0.4) is 0 Å². The number of benzene rings is 1. The van der Waals surface area contributed by atoms with E-state index in [1.807, 2.05) is 16.4 Å². The van der Waals surface area contributed by atoms with E-state index in [2.05, 4.69) is 0 Å². The molecule has 2 N–H and O–H groups in total. The number of nitrogens with two attached hydrogens (primary N) is 1. The van der Waals surface area contributed by atoms with Gasteiger partial charge in [0, 0.05) is 31.4 Å². The smallest absolute Gasteiger partial charge is 0.189 e. The fraction of sp³-hybridized carbons (Fsp3) is 0.438. The van der Waals surface area contributed by atoms with Crippen LogP contribution in [0.15, 0.2) is 23.1 Å². The van der Waals surface area contributed by atoms with E-state index in [4.69, 9.17) is 10.5 Å². The number of aromatic nitrogens is 1. The molecule has 0 bridgehead atoms. The molecule has 1 aromatic heterocycles. The lowest BCUT2D eigenvalue weighted by atomic mass is 10.1. The Labute approximate surface area is 139 Å². The molecule has 3 heterocycles. The molecule has 124 valence electrons. The summed E-state index contributed by atoms with van der Waals surface area (Å²) in [5.74, 6) is 0.0564. The van der Waals surface area contributed by atoms with Crippen LogP contribution >= 0.6 is 12.4 Å². The van der Waals surface area contributed by atoms with Crippen LogP contribution in [-0.4, -0.2) is 30.3 Å². The summed E-state index contributed by atoms with van der Waals surface area (Å²) in [5.41, 5.74) is 6.88. The lowest BCUT2D eigenvalue weighted by molar-refractivity contribution is 0.247. The zero-order chi connectivity index (χ0) is 15.4. The van der Waals surface area contributed by atoms with Crippen molar-refractivity contribution in [1.29, 1.82) is 0 Å². The third kappa shape index (κ3) is 2.37. The van der Waals surface area contributed by atoms with E-state index in [-0.39, 0.29) is 29.9 Å². The molecule has 1 saturated heterocycles. The van der Waals surface area contributed by atoms with Crippen LogP contribution in [0.5, 0.6) is 5.75 Å². The number of rotatable bonds is 1. The van der Waals surface area contributed by atoms with Gasteiger partial charge >= 0.3 is 0 Å². The van der Waals surface area contributed by atoms with Crippen molar-refractivity contribution in [2.45, 2.75) is 25.4 Å². The van der Waals surface area contributed by atoms with Crippen LogP contribution in [0.2, 0.25) is 0 Å². The molecule has 0 radical (unpaired) electrons. The van der Waals surface area contributed by atoms with Crippen molar-refractivity contribution in [2.75, 3.05) is 24.6 Å². The van der Waals surface area contributed by atoms with E-state index < -0.39 is 5.82 Å². The first-order chi connectivity index (χ1) is 10.6. The molecule has 1 aromatic carbocycles. The fourth-order valence-corrected chi connectivity index (χ4v) is 3.44. The van der Waals surface area contributed by atoms with E-state index in [1.54, 1.807) is 6.20 Å². The van der Waals surface area contributed by atoms with Crippen molar-refractivity contribution >= 4 is 29.0 Å². The summed E-state index contributed by atoms with van der Waals surface area (Å²) in [5, 5.41) is 0.369. The van der Waals surface area contributed by atoms with Crippen LogP contribution in [0, 0.1) is 5.82 Å². The van der Waals surface area contributed by atoms with Gasteiger partial charge in [-0.25, -0.2) is 4.39 Å². The van der Waals surface area contributed by atoms with Gasteiger partial charge in [-0.3, -0.25) is 4.79 Å². The zero-order valence-corrected chi connectivity index (χ0v) is 13.6. The summed E-state index contributed by atoms with van der Waals surface area (Å²) < 4.78 is 22.5. The Kier molecular flexibility index (Phi) is 3.98. The summed E-state index contributed by atoms with van der Waals surface area (Å²) >= 11 is 0. The minimum atomic E-state index is -0.416. The zero-order valence-electron chi connectivity index (χ0n) is 12.8. The number of hydrogen-bond donors (Lipinski definition) is 1. The minimum absolute atomic E-state index is 0. The van der Waals surface area contributed by atoms with Crippen molar-refractivity contribution < 1.29 is 9.13 Å². The Morgan fingerprint density at radius 2 is 2.22 bits per heavy atom. The van der Waals surface area contributed by atoms with Gasteiger partial charge in [0.05, 0.1) is 16.9 Å². The van der Waals surface area contributed by atoms with E-state index in [9.17, 15) is 9.18 Å². The molecule has 0 spiro atoms. The van der Waals surface area contributed by atoms with Gasteiger partial charge in [-0.2, -0.15) is 0 Å². The van der Waals surface area contributed by atoms with Gasteiger partial charge in [-0.1, -0.05) is 0 Å². The SMILES string of the molecule is CC1COc2c(N3CCC(N)C3)c(F)cc3c(=O)ccn1c23.Cl. The van der Waals surface area contributed by atoms with E-state index in [0.717, 1.165) is 6.42 Å². The van der Waals surface area contributed by atoms with Crippen molar-refractivity contribution in [3.8, 4) is 5.75 Å². The molecule has 5 nitrogen and oxygen atoms in total. The monoisotopic (exact) mass is 339 g/mol. The normalized spacial score (nSPS) is 22.8. The lowest BCUT2D eigenvalue weighted by Gasteiger charge is -2.30. The highest BCUT2D eigenvalue weighted by Crippen LogP contribution is 2.42. The highest BCUT2D eigenvalue weighted by atomic mass is 35.5. The second kappa shape index (κ2) is 5.69. The molecule has 23 heavy (non-hydrogen) atoms. The molecular weight excluding hydrogens is 321 g/mol. The predicted molar refractivity (Wildman–Crippen MR) is 90.4 cm³/mol. The molecule has 7 heteroatoms. The van der Waals surface area contributed by atoms with E-state index in [0.29, 0.717) is 42.0 Å².